The van der Waals surface area contributed by atoms with E-state index >= 15 is 0 Å². The second-order valence-corrected chi connectivity index (χ2v) is 3.77. The van der Waals surface area contributed by atoms with Crippen LogP contribution in [0.1, 0.15) is 19.3 Å². The minimum absolute atomic E-state index is 0.877. The minimum atomic E-state index is 0.877. The summed E-state index contributed by atoms with van der Waals surface area (Å²) in [4.78, 5) is 0. The molecule has 2 unspecified atom stereocenters. The van der Waals surface area contributed by atoms with Crippen LogP contribution >= 0.6 is 8.37 Å². The number of nitrogens with two attached hydrogens (primary N) is 1. The van der Waals surface area contributed by atoms with Crippen molar-refractivity contribution in [3.8, 4) is 0 Å². The summed E-state index contributed by atoms with van der Waals surface area (Å²) in [6.07, 6.45) is 6.61. The average Bonchev–Trinajstić information content (AvgIpc) is 2.45. The zero-order chi connectivity index (χ0) is 6.27. The fourth-order valence-electron chi connectivity index (χ4n) is 1.96. The Bertz CT molecular complexity index is 174. The maximum atomic E-state index is 5.52. The van der Waals surface area contributed by atoms with E-state index in [1.807, 2.05) is 0 Å². The van der Waals surface area contributed by atoms with Crippen LogP contribution in [0.5, 0.6) is 0 Å². The molecule has 2 N–H and O–H groups in total. The second kappa shape index (κ2) is 1.91. The molecule has 0 heterocycles. The lowest BCUT2D eigenvalue weighted by Gasteiger charge is -2.02. The zero-order valence-electron chi connectivity index (χ0n) is 5.38. The summed E-state index contributed by atoms with van der Waals surface area (Å²) in [5.74, 6) is 1.78. The van der Waals surface area contributed by atoms with Crippen molar-refractivity contribution < 1.29 is 5.16 Å². The fourth-order valence-corrected chi connectivity index (χ4v) is 2.70. The highest BCUT2D eigenvalue weighted by atomic mass is 31.1. The Morgan fingerprint density at radius 2 is 2.44 bits per heavy atom. The molecule has 0 aromatic rings. The summed E-state index contributed by atoms with van der Waals surface area (Å²) in [7, 11) is 1.02. The van der Waals surface area contributed by atoms with Gasteiger partial charge in [0.25, 0.3) is 0 Å². The first-order valence-corrected chi connectivity index (χ1v) is 4.49. The Kier molecular flexibility index (Phi) is 1.19. The first kappa shape index (κ1) is 5.61. The van der Waals surface area contributed by atoms with E-state index in [4.69, 9.17) is 5.16 Å². The molecule has 48 valence electrons. The van der Waals surface area contributed by atoms with Gasteiger partial charge in [-0.25, -0.2) is 5.16 Å². The molecule has 2 heteroatoms. The molecule has 0 aromatic heterocycles. The van der Waals surface area contributed by atoms with E-state index in [-0.39, 0.29) is 0 Å². The molecule has 9 heavy (non-hydrogen) atoms. The highest BCUT2D eigenvalue weighted by Crippen LogP contribution is 2.46. The maximum Gasteiger partial charge on any atom is 0.237 e. The predicted molar refractivity (Wildman–Crippen MR) is 37.8 cm³/mol. The van der Waals surface area contributed by atoms with Gasteiger partial charge in [0.1, 0.15) is 0 Å². The van der Waals surface area contributed by atoms with Gasteiger partial charge in [0.05, 0.1) is 0 Å². The smallest absolute Gasteiger partial charge is 0.237 e. The third-order valence-corrected chi connectivity index (χ3v) is 3.26. The number of hydrogen-bond donors (Lipinski definition) is 1. The standard InChI is InChI=1S/C7H10NP/c8-9-7-4-5-1-2-6(7)3-5/h4-6,8H,1-3H2/p+1. The van der Waals surface area contributed by atoms with Crippen molar-refractivity contribution in [2.45, 2.75) is 19.3 Å². The lowest BCUT2D eigenvalue weighted by atomic mass is 10.1. The van der Waals surface area contributed by atoms with Crippen molar-refractivity contribution in [1.82, 2.24) is 0 Å². The average molecular weight is 140 g/mol. The van der Waals surface area contributed by atoms with Gasteiger partial charge in [0.2, 0.25) is 8.37 Å². The predicted octanol–water partition coefficient (Wildman–Crippen LogP) is 1.19. The topological polar surface area (TPSA) is 25.6 Å². The third-order valence-electron chi connectivity index (χ3n) is 2.45. The van der Waals surface area contributed by atoms with Gasteiger partial charge >= 0.3 is 0 Å². The van der Waals surface area contributed by atoms with Gasteiger partial charge in [-0.2, -0.15) is 0 Å². The summed E-state index contributed by atoms with van der Waals surface area (Å²) in [5.41, 5.74) is 0. The minimum Gasteiger partial charge on any atom is -0.241 e. The van der Waals surface area contributed by atoms with Crippen LogP contribution in [0, 0.1) is 11.8 Å². The number of allylic oxidation sites excluding steroid dienone is 2. The van der Waals surface area contributed by atoms with Crippen molar-refractivity contribution in [2.24, 2.45) is 11.8 Å². The monoisotopic (exact) mass is 140 g/mol. The van der Waals surface area contributed by atoms with E-state index < -0.39 is 0 Å². The lowest BCUT2D eigenvalue weighted by molar-refractivity contribution is -0.0752. The van der Waals surface area contributed by atoms with Crippen LogP contribution in [0.3, 0.4) is 0 Å². The van der Waals surface area contributed by atoms with Gasteiger partial charge in [0.15, 0.2) is 0 Å². The van der Waals surface area contributed by atoms with E-state index in [1.165, 1.54) is 24.6 Å². The summed E-state index contributed by atoms with van der Waals surface area (Å²) >= 11 is 0. The highest BCUT2D eigenvalue weighted by molar-refractivity contribution is 7.28. The molecule has 0 spiro atoms. The molecular formula is C7H11NP+. The van der Waals surface area contributed by atoms with Crippen LogP contribution in [0.25, 0.3) is 0 Å². The Hall–Kier alpha value is -0.160. The summed E-state index contributed by atoms with van der Waals surface area (Å²) in [5, 5.41) is 7.03. The Morgan fingerprint density at radius 3 is 2.78 bits per heavy atom. The largest absolute Gasteiger partial charge is 0.241 e. The van der Waals surface area contributed by atoms with Gasteiger partial charge < -0.3 is 0 Å². The van der Waals surface area contributed by atoms with E-state index in [1.54, 1.807) is 0 Å². The van der Waals surface area contributed by atoms with Crippen molar-refractivity contribution in [2.75, 3.05) is 0 Å². The molecule has 0 radical (unpaired) electrons. The van der Waals surface area contributed by atoms with Crippen molar-refractivity contribution in [1.29, 1.82) is 0 Å². The van der Waals surface area contributed by atoms with Crippen LogP contribution in [0.4, 0.5) is 0 Å². The molecule has 0 amide bonds. The van der Waals surface area contributed by atoms with Crippen molar-refractivity contribution in [3.05, 3.63) is 11.4 Å². The molecule has 2 bridgehead atoms. The Morgan fingerprint density at radius 1 is 1.56 bits per heavy atom. The van der Waals surface area contributed by atoms with Crippen molar-refractivity contribution in [3.63, 3.8) is 0 Å². The number of hydrogen-bond acceptors (Lipinski definition) is 0. The van der Waals surface area contributed by atoms with E-state index in [9.17, 15) is 0 Å². The zero-order valence-corrected chi connectivity index (χ0v) is 6.27. The second-order valence-electron chi connectivity index (χ2n) is 2.99. The molecule has 1 fully saturated rings. The van der Waals surface area contributed by atoms with E-state index in [0.717, 1.165) is 20.2 Å². The van der Waals surface area contributed by atoms with E-state index in [0.29, 0.717) is 0 Å². The number of fused-ring (bicyclic) bond motifs is 2. The quantitative estimate of drug-likeness (QED) is 0.529. The van der Waals surface area contributed by atoms with Crippen LogP contribution in [-0.4, -0.2) is 0 Å². The van der Waals surface area contributed by atoms with Crippen LogP contribution in [-0.2, 0) is 0 Å². The summed E-state index contributed by atoms with van der Waals surface area (Å²) < 4.78 is 0. The van der Waals surface area contributed by atoms with Crippen LogP contribution < -0.4 is 5.16 Å². The van der Waals surface area contributed by atoms with Gasteiger partial charge in [-0.05, 0) is 31.1 Å². The number of rotatable bonds is 1. The molecule has 0 aromatic carbocycles. The first-order chi connectivity index (χ1) is 4.40. The highest BCUT2D eigenvalue weighted by Gasteiger charge is 2.33. The van der Waals surface area contributed by atoms with Gasteiger partial charge in [-0.15, -0.1) is 0 Å². The van der Waals surface area contributed by atoms with Crippen LogP contribution in [0.2, 0.25) is 0 Å². The molecule has 2 aliphatic carbocycles. The normalized spacial score (nSPS) is 39.8. The Labute approximate surface area is 56.8 Å². The van der Waals surface area contributed by atoms with Gasteiger partial charge in [-0.1, -0.05) is 6.08 Å². The first-order valence-electron chi connectivity index (χ1n) is 3.53. The molecule has 0 saturated heterocycles. The molecular weight excluding hydrogens is 129 g/mol. The molecule has 1 nitrogen and oxygen atoms in total. The molecule has 2 rings (SSSR count). The maximum absolute atomic E-state index is 5.52. The lowest BCUT2D eigenvalue weighted by Crippen LogP contribution is -2.17. The summed E-state index contributed by atoms with van der Waals surface area (Å²) in [6.45, 7) is 0. The fraction of sp³-hybridized carbons (Fsp3) is 0.714. The van der Waals surface area contributed by atoms with Gasteiger partial charge in [-0.3, -0.25) is 0 Å². The molecule has 2 aliphatic rings. The van der Waals surface area contributed by atoms with E-state index in [2.05, 4.69) is 6.08 Å². The van der Waals surface area contributed by atoms with Gasteiger partial charge in [0, 0.05) is 5.31 Å². The van der Waals surface area contributed by atoms with Crippen molar-refractivity contribution >= 4 is 8.37 Å². The SMILES string of the molecule is [NH2+]=PC1=CC2CCC1C2. The molecule has 0 aliphatic heterocycles. The molecule has 2 atom stereocenters. The molecule has 1 saturated carbocycles. The summed E-state index contributed by atoms with van der Waals surface area (Å²) in [6, 6.07) is 0. The Balaban J connectivity index is 2.26. The third kappa shape index (κ3) is 0.753. The van der Waals surface area contributed by atoms with Crippen LogP contribution in [0.15, 0.2) is 11.4 Å².